The van der Waals surface area contributed by atoms with Crippen molar-refractivity contribution in [3.8, 4) is 0 Å². The van der Waals surface area contributed by atoms with E-state index in [0.29, 0.717) is 12.2 Å². The predicted molar refractivity (Wildman–Crippen MR) is 91.8 cm³/mol. The van der Waals surface area contributed by atoms with Crippen molar-refractivity contribution < 1.29 is 13.2 Å². The summed E-state index contributed by atoms with van der Waals surface area (Å²) in [4.78, 5) is 5.71. The number of benzene rings is 2. The molecule has 0 aromatic heterocycles. The van der Waals surface area contributed by atoms with Crippen LogP contribution in [-0.2, 0) is 6.18 Å². The van der Waals surface area contributed by atoms with E-state index in [1.807, 2.05) is 60.4 Å². The number of anilines is 2. The van der Waals surface area contributed by atoms with Crippen LogP contribution >= 0.6 is 11.8 Å². The molecular weight excluding hydrogens is 333 g/mol. The van der Waals surface area contributed by atoms with Crippen molar-refractivity contribution in [2.45, 2.75) is 16.0 Å². The second-order valence-electron chi connectivity index (χ2n) is 5.71. The lowest BCUT2D eigenvalue weighted by molar-refractivity contribution is -0.137. The number of hydrogen-bond acceptors (Lipinski definition) is 3. The van der Waals surface area contributed by atoms with Crippen molar-refractivity contribution in [1.82, 2.24) is 4.90 Å². The number of para-hydroxylation sites is 1. The van der Waals surface area contributed by atoms with Gasteiger partial charge in [-0.25, -0.2) is 0 Å². The van der Waals surface area contributed by atoms with E-state index in [4.69, 9.17) is 0 Å². The second-order valence-corrected chi connectivity index (χ2v) is 6.79. The molecule has 0 unspecified atom stereocenters. The summed E-state index contributed by atoms with van der Waals surface area (Å²) in [5.41, 5.74) is 0.900. The van der Waals surface area contributed by atoms with E-state index >= 15 is 0 Å². The highest BCUT2D eigenvalue weighted by molar-refractivity contribution is 7.99. The number of hydrogen-bond donors (Lipinski definition) is 0. The van der Waals surface area contributed by atoms with E-state index in [1.54, 1.807) is 6.07 Å². The molecule has 2 aromatic rings. The molecule has 0 saturated heterocycles. The molecule has 0 saturated carbocycles. The minimum Gasteiger partial charge on any atom is -0.384 e. The van der Waals surface area contributed by atoms with Crippen LogP contribution in [0.15, 0.2) is 64.5 Å². The van der Waals surface area contributed by atoms with Gasteiger partial charge in [-0.3, -0.25) is 0 Å². The van der Waals surface area contributed by atoms with Crippen molar-refractivity contribution in [2.75, 3.05) is 25.5 Å². The van der Waals surface area contributed by atoms with E-state index in [-0.39, 0.29) is 0 Å². The van der Waals surface area contributed by atoms with Crippen molar-refractivity contribution in [1.29, 1.82) is 0 Å². The maximum Gasteiger partial charge on any atom is 0.416 e. The molecule has 6 heteroatoms. The number of nitrogens with zero attached hydrogens (tertiary/aromatic N) is 2. The van der Waals surface area contributed by atoms with Crippen molar-refractivity contribution in [3.05, 3.63) is 60.3 Å². The molecular formula is C18H17F3N2S. The van der Waals surface area contributed by atoms with Crippen LogP contribution in [0.5, 0.6) is 0 Å². The van der Waals surface area contributed by atoms with Gasteiger partial charge >= 0.3 is 6.18 Å². The minimum absolute atomic E-state index is 0.504. The fraction of sp³-hybridized carbons (Fsp3) is 0.222. The predicted octanol–water partition coefficient (Wildman–Crippen LogP) is 5.38. The lowest BCUT2D eigenvalue weighted by Crippen LogP contribution is -2.22. The average molecular weight is 350 g/mol. The molecule has 0 aliphatic carbocycles. The highest BCUT2D eigenvalue weighted by Gasteiger charge is 2.33. The molecule has 1 aliphatic heterocycles. The van der Waals surface area contributed by atoms with Crippen LogP contribution in [0.25, 0.3) is 0 Å². The van der Waals surface area contributed by atoms with Gasteiger partial charge in [0.25, 0.3) is 0 Å². The number of rotatable bonds is 3. The van der Waals surface area contributed by atoms with E-state index in [1.165, 1.54) is 17.8 Å². The molecule has 1 aliphatic rings. The first-order chi connectivity index (χ1) is 11.4. The van der Waals surface area contributed by atoms with E-state index in [0.717, 1.165) is 21.5 Å². The summed E-state index contributed by atoms with van der Waals surface area (Å²) in [5, 5.41) is 0. The summed E-state index contributed by atoms with van der Waals surface area (Å²) in [5.74, 6) is 0. The minimum atomic E-state index is -4.35. The van der Waals surface area contributed by atoms with Crippen LogP contribution < -0.4 is 4.90 Å². The lowest BCUT2D eigenvalue weighted by Gasteiger charge is -2.32. The first-order valence-electron chi connectivity index (χ1n) is 7.45. The Hall–Kier alpha value is -2.08. The van der Waals surface area contributed by atoms with Gasteiger partial charge in [0.05, 0.1) is 16.9 Å². The summed E-state index contributed by atoms with van der Waals surface area (Å²) in [7, 11) is 3.82. The van der Waals surface area contributed by atoms with Gasteiger partial charge in [-0.2, -0.15) is 13.2 Å². The Kier molecular flexibility index (Phi) is 4.49. The van der Waals surface area contributed by atoms with Crippen LogP contribution in [0.1, 0.15) is 5.56 Å². The molecule has 0 radical (unpaired) electrons. The molecule has 3 rings (SSSR count). The van der Waals surface area contributed by atoms with Gasteiger partial charge in [0.1, 0.15) is 0 Å². The lowest BCUT2D eigenvalue weighted by atomic mass is 10.1. The van der Waals surface area contributed by atoms with Crippen molar-refractivity contribution in [2.24, 2.45) is 0 Å². The van der Waals surface area contributed by atoms with Gasteiger partial charge in [0, 0.05) is 30.4 Å². The molecule has 24 heavy (non-hydrogen) atoms. The summed E-state index contributed by atoms with van der Waals surface area (Å²) < 4.78 is 39.3. The largest absolute Gasteiger partial charge is 0.416 e. The average Bonchev–Trinajstić information content (AvgIpc) is 2.52. The standard InChI is InChI=1S/C18H17F3N2S/c1-22(2)10-5-11-23-14-6-3-4-7-16(14)24-17-9-8-13(12-15(17)23)18(19,20)21/h3-10,12H,11H2,1-2H3. The fourth-order valence-corrected chi connectivity index (χ4v) is 3.64. The van der Waals surface area contributed by atoms with Gasteiger partial charge in [-0.15, -0.1) is 0 Å². The monoisotopic (exact) mass is 350 g/mol. The maximum absolute atomic E-state index is 13.1. The van der Waals surface area contributed by atoms with Gasteiger partial charge in [0.15, 0.2) is 0 Å². The number of fused-ring (bicyclic) bond motifs is 2. The number of alkyl halides is 3. The first kappa shape index (κ1) is 16.8. The Morgan fingerprint density at radius 1 is 1.04 bits per heavy atom. The zero-order valence-electron chi connectivity index (χ0n) is 13.3. The smallest absolute Gasteiger partial charge is 0.384 e. The quantitative estimate of drug-likeness (QED) is 0.733. The first-order valence-corrected chi connectivity index (χ1v) is 8.26. The third kappa shape index (κ3) is 3.38. The van der Waals surface area contributed by atoms with Crippen LogP contribution in [0, 0.1) is 0 Å². The van der Waals surface area contributed by atoms with Crippen LogP contribution in [-0.4, -0.2) is 25.5 Å². The Morgan fingerprint density at radius 3 is 2.46 bits per heavy atom. The zero-order chi connectivity index (χ0) is 17.3. The molecule has 1 heterocycles. The number of halogens is 3. The molecule has 2 aromatic carbocycles. The third-order valence-electron chi connectivity index (χ3n) is 3.64. The third-order valence-corrected chi connectivity index (χ3v) is 4.77. The Morgan fingerprint density at radius 2 is 1.75 bits per heavy atom. The molecule has 126 valence electrons. The Balaban J connectivity index is 2.05. The second kappa shape index (κ2) is 6.43. The van der Waals surface area contributed by atoms with E-state index in [9.17, 15) is 13.2 Å². The molecule has 0 amide bonds. The van der Waals surface area contributed by atoms with Crippen LogP contribution in [0.2, 0.25) is 0 Å². The van der Waals surface area contributed by atoms with Gasteiger partial charge in [0.2, 0.25) is 0 Å². The fourth-order valence-electron chi connectivity index (χ4n) is 2.57. The molecule has 0 N–H and O–H groups in total. The highest BCUT2D eigenvalue weighted by atomic mass is 32.2. The van der Waals surface area contributed by atoms with Crippen molar-refractivity contribution >= 4 is 23.1 Å². The van der Waals surface area contributed by atoms with E-state index < -0.39 is 11.7 Å². The van der Waals surface area contributed by atoms with E-state index in [2.05, 4.69) is 0 Å². The highest BCUT2D eigenvalue weighted by Crippen LogP contribution is 2.49. The van der Waals surface area contributed by atoms with Gasteiger partial charge in [-0.1, -0.05) is 23.9 Å². The van der Waals surface area contributed by atoms with Crippen LogP contribution in [0.4, 0.5) is 24.5 Å². The SMILES string of the molecule is CN(C)C=CCN1c2ccccc2Sc2ccc(C(F)(F)F)cc21. The summed E-state index contributed by atoms with van der Waals surface area (Å²) in [6, 6.07) is 11.7. The maximum atomic E-state index is 13.1. The zero-order valence-corrected chi connectivity index (χ0v) is 14.2. The molecule has 0 spiro atoms. The van der Waals surface area contributed by atoms with Crippen LogP contribution in [0.3, 0.4) is 0 Å². The topological polar surface area (TPSA) is 6.48 Å². The summed E-state index contributed by atoms with van der Waals surface area (Å²) in [6.45, 7) is 0.504. The van der Waals surface area contributed by atoms with Crippen molar-refractivity contribution in [3.63, 3.8) is 0 Å². The Bertz CT molecular complexity index is 769. The van der Waals surface area contributed by atoms with Gasteiger partial charge < -0.3 is 9.80 Å². The van der Waals surface area contributed by atoms with Gasteiger partial charge in [-0.05, 0) is 42.6 Å². The molecule has 0 bridgehead atoms. The Labute approximate surface area is 143 Å². The normalized spacial score (nSPS) is 13.8. The summed E-state index contributed by atoms with van der Waals surface area (Å²) >= 11 is 1.50. The molecule has 0 fully saturated rings. The molecule has 0 atom stereocenters. The molecule has 2 nitrogen and oxygen atoms in total. The summed E-state index contributed by atoms with van der Waals surface area (Å²) in [6.07, 6.45) is -0.504.